The van der Waals surface area contributed by atoms with Gasteiger partial charge in [-0.15, -0.1) is 0 Å². The molecule has 0 spiro atoms. The highest BCUT2D eigenvalue weighted by atomic mass is 35.5. The van der Waals surface area contributed by atoms with Crippen LogP contribution in [0.3, 0.4) is 0 Å². The van der Waals surface area contributed by atoms with Crippen molar-refractivity contribution in [2.45, 2.75) is 110 Å². The standard InChI is InChI=1S/C35H47ClN2O3/c1-4-5-6-7-8-9-10-11-12-13-17-24-29(39)38-32(25(2)3)30-31(33(38)27-22-18-19-23-28(27)36)35(41)37(34(30)40)26-20-15-14-16-21-26/h14-16,18-23,25,30-33H,4-13,17,24H2,1-3H3. The fourth-order valence-corrected chi connectivity index (χ4v) is 7.20. The van der Waals surface area contributed by atoms with Gasteiger partial charge >= 0.3 is 0 Å². The number of halogens is 1. The van der Waals surface area contributed by atoms with Crippen LogP contribution in [0.15, 0.2) is 54.6 Å². The number of nitrogens with zero attached hydrogens (tertiary/aromatic N) is 2. The van der Waals surface area contributed by atoms with Crippen molar-refractivity contribution >= 4 is 35.0 Å². The Hall–Kier alpha value is -2.66. The van der Waals surface area contributed by atoms with E-state index in [9.17, 15) is 14.4 Å². The number of anilines is 1. The molecule has 3 amide bonds. The number of para-hydroxylation sites is 1. The lowest BCUT2D eigenvalue weighted by atomic mass is 9.83. The maximum Gasteiger partial charge on any atom is 0.240 e. The maximum absolute atomic E-state index is 14.0. The fourth-order valence-electron chi connectivity index (χ4n) is 6.95. The van der Waals surface area contributed by atoms with E-state index in [1.54, 1.807) is 18.2 Å². The number of carbonyl (C=O) groups excluding carboxylic acids is 3. The molecule has 2 aromatic carbocycles. The van der Waals surface area contributed by atoms with Gasteiger partial charge in [-0.1, -0.05) is 133 Å². The summed E-state index contributed by atoms with van der Waals surface area (Å²) in [5.74, 6) is -1.69. The van der Waals surface area contributed by atoms with Gasteiger partial charge in [0.2, 0.25) is 17.7 Å². The third kappa shape index (κ3) is 7.05. The van der Waals surface area contributed by atoms with Crippen LogP contribution in [0, 0.1) is 17.8 Å². The number of carbonyl (C=O) groups is 3. The van der Waals surface area contributed by atoms with Crippen LogP contribution in [0.4, 0.5) is 5.69 Å². The first-order valence-electron chi connectivity index (χ1n) is 15.9. The van der Waals surface area contributed by atoms with Crippen molar-refractivity contribution in [1.29, 1.82) is 0 Å². The molecule has 0 N–H and O–H groups in total. The van der Waals surface area contributed by atoms with Gasteiger partial charge in [0.05, 0.1) is 23.6 Å². The van der Waals surface area contributed by atoms with Crippen molar-refractivity contribution in [3.8, 4) is 0 Å². The summed E-state index contributed by atoms with van der Waals surface area (Å²) in [6, 6.07) is 15.6. The second-order valence-electron chi connectivity index (χ2n) is 12.2. The number of amides is 3. The average Bonchev–Trinajstić information content (AvgIpc) is 3.45. The molecule has 0 aliphatic carbocycles. The van der Waals surface area contributed by atoms with Gasteiger partial charge in [0, 0.05) is 17.5 Å². The van der Waals surface area contributed by atoms with E-state index in [1.807, 2.05) is 55.1 Å². The van der Waals surface area contributed by atoms with Crippen LogP contribution in [0.25, 0.3) is 0 Å². The Balaban J connectivity index is 1.47. The van der Waals surface area contributed by atoms with E-state index in [4.69, 9.17) is 11.6 Å². The first-order chi connectivity index (χ1) is 19.9. The second kappa shape index (κ2) is 15.0. The van der Waals surface area contributed by atoms with Crippen LogP contribution in [-0.2, 0) is 14.4 Å². The molecule has 6 heteroatoms. The van der Waals surface area contributed by atoms with Crippen LogP contribution in [0.1, 0.15) is 109 Å². The van der Waals surface area contributed by atoms with Crippen molar-refractivity contribution in [3.05, 3.63) is 65.2 Å². The van der Waals surface area contributed by atoms with Crippen molar-refractivity contribution in [1.82, 2.24) is 4.90 Å². The normalized spacial score (nSPS) is 22.2. The van der Waals surface area contributed by atoms with Gasteiger partial charge in [-0.2, -0.15) is 0 Å². The van der Waals surface area contributed by atoms with Crippen LogP contribution in [0.5, 0.6) is 0 Å². The summed E-state index contributed by atoms with van der Waals surface area (Å²) < 4.78 is 0. The van der Waals surface area contributed by atoms with Crippen molar-refractivity contribution < 1.29 is 14.4 Å². The fraction of sp³-hybridized carbons (Fsp3) is 0.571. The van der Waals surface area contributed by atoms with Gasteiger partial charge in [0.15, 0.2) is 0 Å². The Morgan fingerprint density at radius 2 is 1.29 bits per heavy atom. The number of unbranched alkanes of at least 4 members (excludes halogenated alkanes) is 10. The first kappa shape index (κ1) is 31.3. The minimum absolute atomic E-state index is 0.00346. The molecule has 0 radical (unpaired) electrons. The van der Waals surface area contributed by atoms with Crippen molar-refractivity contribution in [2.75, 3.05) is 4.90 Å². The number of fused-ring (bicyclic) bond motifs is 1. The number of benzene rings is 2. The Morgan fingerprint density at radius 3 is 1.88 bits per heavy atom. The van der Waals surface area contributed by atoms with Gasteiger partial charge in [-0.05, 0) is 36.1 Å². The summed E-state index contributed by atoms with van der Waals surface area (Å²) in [4.78, 5) is 45.1. The smallest absolute Gasteiger partial charge is 0.240 e. The summed E-state index contributed by atoms with van der Waals surface area (Å²) in [5.41, 5.74) is 1.33. The summed E-state index contributed by atoms with van der Waals surface area (Å²) in [6.07, 6.45) is 13.8. The largest absolute Gasteiger partial charge is 0.331 e. The van der Waals surface area contributed by atoms with E-state index in [1.165, 1.54) is 56.3 Å². The number of hydrogen-bond donors (Lipinski definition) is 0. The molecule has 41 heavy (non-hydrogen) atoms. The molecule has 0 aromatic heterocycles. The monoisotopic (exact) mass is 578 g/mol. The van der Waals surface area contributed by atoms with Gasteiger partial charge in [-0.25, -0.2) is 4.90 Å². The molecule has 0 saturated carbocycles. The predicted molar refractivity (Wildman–Crippen MR) is 167 cm³/mol. The first-order valence-corrected chi connectivity index (χ1v) is 16.2. The minimum atomic E-state index is -0.656. The van der Waals surface area contributed by atoms with Crippen molar-refractivity contribution in [2.24, 2.45) is 17.8 Å². The van der Waals surface area contributed by atoms with E-state index in [-0.39, 0.29) is 29.7 Å². The molecule has 2 saturated heterocycles. The van der Waals surface area contributed by atoms with E-state index >= 15 is 0 Å². The molecule has 5 nitrogen and oxygen atoms in total. The molecule has 2 aliphatic rings. The zero-order valence-corrected chi connectivity index (χ0v) is 25.8. The lowest BCUT2D eigenvalue weighted by molar-refractivity contribution is -0.137. The molecular weight excluding hydrogens is 532 g/mol. The molecule has 4 unspecified atom stereocenters. The number of imide groups is 1. The van der Waals surface area contributed by atoms with Gasteiger partial charge in [0.25, 0.3) is 0 Å². The lowest BCUT2D eigenvalue weighted by Crippen LogP contribution is -2.47. The predicted octanol–water partition coefficient (Wildman–Crippen LogP) is 8.75. The number of hydrogen-bond acceptors (Lipinski definition) is 3. The molecule has 2 heterocycles. The van der Waals surface area contributed by atoms with Crippen LogP contribution < -0.4 is 4.90 Å². The maximum atomic E-state index is 14.0. The summed E-state index contributed by atoms with van der Waals surface area (Å²) in [6.45, 7) is 6.34. The number of rotatable bonds is 15. The molecule has 4 atom stereocenters. The summed E-state index contributed by atoms with van der Waals surface area (Å²) in [7, 11) is 0. The Kier molecular flexibility index (Phi) is 11.4. The Labute approximate surface area is 251 Å². The third-order valence-corrected chi connectivity index (χ3v) is 9.27. The van der Waals surface area contributed by atoms with Gasteiger partial charge in [0.1, 0.15) is 0 Å². The molecule has 2 fully saturated rings. The Morgan fingerprint density at radius 1 is 0.756 bits per heavy atom. The van der Waals surface area contributed by atoms with Crippen molar-refractivity contribution in [3.63, 3.8) is 0 Å². The summed E-state index contributed by atoms with van der Waals surface area (Å²) in [5, 5.41) is 0.520. The molecule has 222 valence electrons. The lowest BCUT2D eigenvalue weighted by Gasteiger charge is -2.36. The van der Waals surface area contributed by atoms with E-state index in [0.717, 1.165) is 24.8 Å². The average molecular weight is 579 g/mol. The molecule has 4 rings (SSSR count). The molecule has 0 bridgehead atoms. The minimum Gasteiger partial charge on any atom is -0.331 e. The topological polar surface area (TPSA) is 57.7 Å². The van der Waals surface area contributed by atoms with E-state index in [0.29, 0.717) is 17.1 Å². The van der Waals surface area contributed by atoms with E-state index in [2.05, 4.69) is 6.92 Å². The highest BCUT2D eigenvalue weighted by Gasteiger charge is 2.64. The van der Waals surface area contributed by atoms with Crippen LogP contribution in [0.2, 0.25) is 5.02 Å². The summed E-state index contributed by atoms with van der Waals surface area (Å²) >= 11 is 6.70. The molecule has 2 aliphatic heterocycles. The number of likely N-dealkylation sites (tertiary alicyclic amines) is 1. The van der Waals surface area contributed by atoms with Gasteiger partial charge in [-0.3, -0.25) is 14.4 Å². The molecule has 2 aromatic rings. The second-order valence-corrected chi connectivity index (χ2v) is 12.6. The highest BCUT2D eigenvalue weighted by Crippen LogP contribution is 2.53. The highest BCUT2D eigenvalue weighted by molar-refractivity contribution is 6.31. The molecular formula is C35H47ClN2O3. The zero-order chi connectivity index (χ0) is 29.4. The quantitative estimate of drug-likeness (QED) is 0.157. The van der Waals surface area contributed by atoms with Gasteiger partial charge < -0.3 is 4.90 Å². The Bertz CT molecular complexity index is 1170. The SMILES string of the molecule is CCCCCCCCCCCCCC(=O)N1C(c2ccccc2Cl)C2C(=O)N(c3ccccc3)C(=O)C2C1C(C)C. The van der Waals surface area contributed by atoms with Crippen LogP contribution in [-0.4, -0.2) is 28.7 Å². The third-order valence-electron chi connectivity index (χ3n) is 8.93. The van der Waals surface area contributed by atoms with E-state index < -0.39 is 17.9 Å². The zero-order valence-electron chi connectivity index (χ0n) is 25.1. The van der Waals surface area contributed by atoms with Crippen LogP contribution >= 0.6 is 11.6 Å².